The maximum Gasteiger partial charge on any atom is 0.417 e. The molecule has 0 aliphatic heterocycles. The molecule has 124 valence electrons. The molecule has 23 heavy (non-hydrogen) atoms. The van der Waals surface area contributed by atoms with Gasteiger partial charge in [0.1, 0.15) is 0 Å². The summed E-state index contributed by atoms with van der Waals surface area (Å²) in [4.78, 5) is 12.1. The number of nitrogens with one attached hydrogen (secondary N) is 1. The smallest absolute Gasteiger partial charge is 0.326 e. The molecule has 0 saturated heterocycles. The highest BCUT2D eigenvalue weighted by Gasteiger charge is 2.33. The number of amides is 1. The monoisotopic (exact) mass is 389 g/mol. The van der Waals surface area contributed by atoms with E-state index in [2.05, 4.69) is 26.3 Å². The summed E-state index contributed by atoms with van der Waals surface area (Å²) in [6.45, 7) is 3.63. The Morgan fingerprint density at radius 2 is 2.00 bits per heavy atom. The Morgan fingerprint density at radius 1 is 1.35 bits per heavy atom. The lowest BCUT2D eigenvalue weighted by molar-refractivity contribution is -0.138. The van der Waals surface area contributed by atoms with Crippen molar-refractivity contribution < 1.29 is 18.0 Å². The van der Waals surface area contributed by atoms with Crippen molar-refractivity contribution in [2.75, 3.05) is 5.32 Å². The van der Waals surface area contributed by atoms with Crippen LogP contribution in [0, 0.1) is 13.8 Å². The topological polar surface area (TPSA) is 46.9 Å². The van der Waals surface area contributed by atoms with Crippen molar-refractivity contribution in [3.63, 3.8) is 0 Å². The van der Waals surface area contributed by atoms with Gasteiger partial charge in [-0.05, 0) is 32.0 Å². The standard InChI is InChI=1S/C15H15BrF3N3O/c1-8-11(9(2)22(3)21-8)7-14(23)20-10-4-5-13(16)12(6-10)15(17,18)19/h4-6H,7H2,1-3H3,(H,20,23). The minimum absolute atomic E-state index is 0.0585. The van der Waals surface area contributed by atoms with Crippen LogP contribution in [0.5, 0.6) is 0 Å². The second kappa shape index (κ2) is 6.35. The third-order valence-electron chi connectivity index (χ3n) is 3.55. The summed E-state index contributed by atoms with van der Waals surface area (Å²) in [6, 6.07) is 3.59. The quantitative estimate of drug-likeness (QED) is 0.862. The molecule has 0 bridgehead atoms. The van der Waals surface area contributed by atoms with Gasteiger partial charge >= 0.3 is 6.18 Å². The van der Waals surface area contributed by atoms with Gasteiger partial charge in [-0.15, -0.1) is 0 Å². The van der Waals surface area contributed by atoms with Gasteiger partial charge in [-0.3, -0.25) is 9.48 Å². The van der Waals surface area contributed by atoms with E-state index in [4.69, 9.17) is 0 Å². The Bertz CT molecular complexity index is 753. The fourth-order valence-corrected chi connectivity index (χ4v) is 2.73. The molecular formula is C15H15BrF3N3O. The highest BCUT2D eigenvalue weighted by Crippen LogP contribution is 2.36. The van der Waals surface area contributed by atoms with Crippen LogP contribution < -0.4 is 5.32 Å². The molecule has 1 N–H and O–H groups in total. The largest absolute Gasteiger partial charge is 0.417 e. The van der Waals surface area contributed by atoms with E-state index in [0.29, 0.717) is 0 Å². The SMILES string of the molecule is Cc1nn(C)c(C)c1CC(=O)Nc1ccc(Br)c(C(F)(F)F)c1. The van der Waals surface area contributed by atoms with Gasteiger partial charge < -0.3 is 5.32 Å². The van der Waals surface area contributed by atoms with E-state index in [-0.39, 0.29) is 22.5 Å². The molecule has 1 heterocycles. The summed E-state index contributed by atoms with van der Waals surface area (Å²) in [6.07, 6.45) is -4.43. The summed E-state index contributed by atoms with van der Waals surface area (Å²) >= 11 is 2.86. The normalized spacial score (nSPS) is 11.6. The minimum atomic E-state index is -4.49. The van der Waals surface area contributed by atoms with E-state index < -0.39 is 11.7 Å². The molecule has 0 aliphatic rings. The number of halogens is 4. The molecule has 4 nitrogen and oxygen atoms in total. The lowest BCUT2D eigenvalue weighted by Crippen LogP contribution is -2.16. The summed E-state index contributed by atoms with van der Waals surface area (Å²) in [7, 11) is 1.77. The van der Waals surface area contributed by atoms with E-state index >= 15 is 0 Å². The van der Waals surface area contributed by atoms with E-state index in [9.17, 15) is 18.0 Å². The molecule has 0 atom stereocenters. The first-order chi connectivity index (χ1) is 10.6. The predicted octanol–water partition coefficient (Wildman–Crippen LogP) is 4.00. The van der Waals surface area contributed by atoms with Crippen LogP contribution in [0.3, 0.4) is 0 Å². The lowest BCUT2D eigenvalue weighted by Gasteiger charge is -2.12. The Kier molecular flexibility index (Phi) is 4.84. The highest BCUT2D eigenvalue weighted by molar-refractivity contribution is 9.10. The molecule has 1 aromatic heterocycles. The van der Waals surface area contributed by atoms with Crippen LogP contribution in [0.1, 0.15) is 22.5 Å². The van der Waals surface area contributed by atoms with Crippen LogP contribution in [0.25, 0.3) is 0 Å². The van der Waals surface area contributed by atoms with Gasteiger partial charge in [0, 0.05) is 28.5 Å². The highest BCUT2D eigenvalue weighted by atomic mass is 79.9. The van der Waals surface area contributed by atoms with Crippen LogP contribution in [-0.4, -0.2) is 15.7 Å². The molecule has 0 saturated carbocycles. The molecule has 0 fully saturated rings. The summed E-state index contributed by atoms with van der Waals surface area (Å²) in [5.74, 6) is -0.389. The lowest BCUT2D eigenvalue weighted by atomic mass is 10.1. The van der Waals surface area contributed by atoms with Gasteiger partial charge in [0.25, 0.3) is 0 Å². The van der Waals surface area contributed by atoms with Crippen LogP contribution in [-0.2, 0) is 24.4 Å². The van der Waals surface area contributed by atoms with Crippen molar-refractivity contribution in [1.82, 2.24) is 9.78 Å². The number of carbonyl (C=O) groups is 1. The van der Waals surface area contributed by atoms with Crippen LogP contribution >= 0.6 is 15.9 Å². The number of hydrogen-bond acceptors (Lipinski definition) is 2. The second-order valence-electron chi connectivity index (χ2n) is 5.19. The molecule has 0 unspecified atom stereocenters. The number of hydrogen-bond donors (Lipinski definition) is 1. The first-order valence-corrected chi connectivity index (χ1v) is 7.54. The van der Waals surface area contributed by atoms with Crippen molar-refractivity contribution in [2.45, 2.75) is 26.4 Å². The molecule has 2 rings (SSSR count). The van der Waals surface area contributed by atoms with Crippen molar-refractivity contribution in [2.24, 2.45) is 7.05 Å². The first kappa shape index (κ1) is 17.5. The predicted molar refractivity (Wildman–Crippen MR) is 84.2 cm³/mol. The van der Waals surface area contributed by atoms with Gasteiger partial charge in [-0.25, -0.2) is 0 Å². The Labute approximate surface area is 139 Å². The van der Waals surface area contributed by atoms with Gasteiger partial charge in [-0.2, -0.15) is 18.3 Å². The summed E-state index contributed by atoms with van der Waals surface area (Å²) in [5, 5.41) is 6.71. The zero-order valence-electron chi connectivity index (χ0n) is 12.8. The van der Waals surface area contributed by atoms with Gasteiger partial charge in [0.15, 0.2) is 0 Å². The molecule has 1 amide bonds. The number of benzene rings is 1. The number of aryl methyl sites for hydroxylation is 2. The van der Waals surface area contributed by atoms with Gasteiger partial charge in [-0.1, -0.05) is 15.9 Å². The molecule has 0 radical (unpaired) electrons. The van der Waals surface area contributed by atoms with Crippen molar-refractivity contribution in [3.05, 3.63) is 45.2 Å². The minimum Gasteiger partial charge on any atom is -0.326 e. The van der Waals surface area contributed by atoms with E-state index in [1.165, 1.54) is 12.1 Å². The van der Waals surface area contributed by atoms with Crippen LogP contribution in [0.4, 0.5) is 18.9 Å². The fraction of sp³-hybridized carbons (Fsp3) is 0.333. The van der Waals surface area contributed by atoms with Crippen LogP contribution in [0.2, 0.25) is 0 Å². The zero-order valence-corrected chi connectivity index (χ0v) is 14.3. The Hall–Kier alpha value is -1.83. The maximum atomic E-state index is 12.9. The van der Waals surface area contributed by atoms with Crippen molar-refractivity contribution >= 4 is 27.5 Å². The van der Waals surface area contributed by atoms with Gasteiger partial charge in [0.2, 0.25) is 5.91 Å². The molecular weight excluding hydrogens is 375 g/mol. The van der Waals surface area contributed by atoms with E-state index in [1.54, 1.807) is 18.7 Å². The maximum absolute atomic E-state index is 12.9. The summed E-state index contributed by atoms with van der Waals surface area (Å²) in [5.41, 5.74) is 1.63. The van der Waals surface area contributed by atoms with Crippen molar-refractivity contribution in [3.8, 4) is 0 Å². The molecule has 2 aromatic rings. The third kappa shape index (κ3) is 3.93. The van der Waals surface area contributed by atoms with Crippen molar-refractivity contribution in [1.29, 1.82) is 0 Å². The molecule has 1 aromatic carbocycles. The average Bonchev–Trinajstić information content (AvgIpc) is 2.66. The molecule has 0 spiro atoms. The Morgan fingerprint density at radius 3 is 2.52 bits per heavy atom. The molecule has 0 aliphatic carbocycles. The zero-order chi connectivity index (χ0) is 17.4. The number of anilines is 1. The number of alkyl halides is 3. The summed E-state index contributed by atoms with van der Waals surface area (Å²) < 4.78 is 40.2. The third-order valence-corrected chi connectivity index (χ3v) is 4.24. The average molecular weight is 390 g/mol. The number of carbonyl (C=O) groups excluding carboxylic acids is 1. The van der Waals surface area contributed by atoms with Gasteiger partial charge in [0.05, 0.1) is 17.7 Å². The fourth-order valence-electron chi connectivity index (χ4n) is 2.26. The number of rotatable bonds is 3. The molecule has 8 heteroatoms. The second-order valence-corrected chi connectivity index (χ2v) is 6.04. The first-order valence-electron chi connectivity index (χ1n) is 6.75. The van der Waals surface area contributed by atoms with E-state index in [1.807, 2.05) is 6.92 Å². The Balaban J connectivity index is 2.18. The number of nitrogens with zero attached hydrogens (tertiary/aromatic N) is 2. The van der Waals surface area contributed by atoms with Crippen LogP contribution in [0.15, 0.2) is 22.7 Å². The number of aromatic nitrogens is 2. The van der Waals surface area contributed by atoms with E-state index in [0.717, 1.165) is 23.0 Å².